The minimum absolute atomic E-state index is 0.0749. The Hall–Kier alpha value is -3.20. The second kappa shape index (κ2) is 10.9. The van der Waals surface area contributed by atoms with Crippen LogP contribution in [0.1, 0.15) is 43.1 Å². The van der Waals surface area contributed by atoms with E-state index in [0.29, 0.717) is 10.9 Å². The van der Waals surface area contributed by atoms with Gasteiger partial charge < -0.3 is 0 Å². The van der Waals surface area contributed by atoms with Crippen molar-refractivity contribution >= 4 is 41.4 Å². The normalized spacial score (nSPS) is 17.7. The topological polar surface area (TPSA) is 17.1 Å². The van der Waals surface area contributed by atoms with E-state index in [1.807, 2.05) is 42.5 Å². The van der Waals surface area contributed by atoms with Gasteiger partial charge in [-0.3, -0.25) is 4.79 Å². The maximum atomic E-state index is 13.9. The first kappa shape index (κ1) is 26.4. The van der Waals surface area contributed by atoms with Crippen LogP contribution in [0, 0.1) is 11.8 Å². The molecule has 0 bridgehead atoms. The molecular weight excluding hydrogens is 500 g/mol. The molecule has 0 radical (unpaired) electrons. The van der Waals surface area contributed by atoms with Gasteiger partial charge in [-0.1, -0.05) is 152 Å². The standard InChI is InChI=1S/C35H35ClOSi/c1-35(2,3)38(30-15-9-5-10-16-30,31-17-11-6-12-18-31)25-26-23-32(27-19-21-29(36)22-20-27)33(24-26)34(37)28-13-7-4-8-14-28/h4-23,26,33H,24-25H2,1-3H3/t26-,33-/m0/s1. The number of carbonyl (C=O) groups excluding carboxylic acids is 1. The number of ketones is 1. The number of halogens is 1. The van der Waals surface area contributed by atoms with E-state index in [0.717, 1.165) is 29.2 Å². The van der Waals surface area contributed by atoms with Crippen molar-refractivity contribution in [2.45, 2.75) is 38.3 Å². The Balaban J connectivity index is 1.61. The van der Waals surface area contributed by atoms with Gasteiger partial charge in [-0.05, 0) is 46.7 Å². The number of allylic oxidation sites excluding steroid dienone is 2. The predicted octanol–water partition coefficient (Wildman–Crippen LogP) is 8.31. The quantitative estimate of drug-likeness (QED) is 0.172. The van der Waals surface area contributed by atoms with Gasteiger partial charge in [0, 0.05) is 16.5 Å². The number of benzene rings is 4. The molecule has 3 heteroatoms. The Morgan fingerprint density at radius 3 is 1.76 bits per heavy atom. The number of hydrogen-bond acceptors (Lipinski definition) is 1. The number of Topliss-reactive ketones (excluding diaryl/α,β-unsaturated/α-hetero) is 1. The molecule has 0 N–H and O–H groups in total. The highest BCUT2D eigenvalue weighted by atomic mass is 35.5. The summed E-state index contributed by atoms with van der Waals surface area (Å²) < 4.78 is 0. The molecule has 0 saturated heterocycles. The summed E-state index contributed by atoms with van der Waals surface area (Å²) in [6.07, 6.45) is 3.24. The lowest BCUT2D eigenvalue weighted by Crippen LogP contribution is -2.64. The van der Waals surface area contributed by atoms with Crippen molar-refractivity contribution in [3.63, 3.8) is 0 Å². The fourth-order valence-electron chi connectivity index (χ4n) is 6.41. The summed E-state index contributed by atoms with van der Waals surface area (Å²) in [5.74, 6) is 0.336. The van der Waals surface area contributed by atoms with Crippen LogP contribution in [0.5, 0.6) is 0 Å². The summed E-state index contributed by atoms with van der Waals surface area (Å²) in [6.45, 7) is 7.22. The molecule has 192 valence electrons. The fourth-order valence-corrected chi connectivity index (χ4v) is 12.3. The van der Waals surface area contributed by atoms with Crippen LogP contribution in [0.4, 0.5) is 0 Å². The van der Waals surface area contributed by atoms with Crippen LogP contribution in [-0.2, 0) is 0 Å². The first-order valence-electron chi connectivity index (χ1n) is 13.5. The van der Waals surface area contributed by atoms with Gasteiger partial charge in [0.05, 0.1) is 0 Å². The van der Waals surface area contributed by atoms with E-state index < -0.39 is 8.07 Å². The van der Waals surface area contributed by atoms with Crippen LogP contribution in [-0.4, -0.2) is 13.9 Å². The molecular formula is C35H35ClOSi. The lowest BCUT2D eigenvalue weighted by Gasteiger charge is -2.45. The number of hydrogen-bond donors (Lipinski definition) is 0. The molecule has 0 aliphatic heterocycles. The lowest BCUT2D eigenvalue weighted by molar-refractivity contribution is 0.0945. The van der Waals surface area contributed by atoms with Crippen molar-refractivity contribution in [3.8, 4) is 0 Å². The summed E-state index contributed by atoms with van der Waals surface area (Å²) in [7, 11) is -2.27. The van der Waals surface area contributed by atoms with E-state index in [9.17, 15) is 4.79 Å². The molecule has 1 aliphatic rings. The number of rotatable bonds is 7. The molecule has 0 saturated carbocycles. The van der Waals surface area contributed by atoms with E-state index in [1.54, 1.807) is 0 Å². The third kappa shape index (κ3) is 5.08. The smallest absolute Gasteiger partial charge is 0.170 e. The Labute approximate surface area is 233 Å². The van der Waals surface area contributed by atoms with Crippen LogP contribution in [0.2, 0.25) is 16.1 Å². The molecule has 2 atom stereocenters. The minimum Gasteiger partial charge on any atom is -0.293 e. The van der Waals surface area contributed by atoms with Crippen LogP contribution in [0.15, 0.2) is 121 Å². The lowest BCUT2D eigenvalue weighted by atomic mass is 9.87. The average Bonchev–Trinajstić information content (AvgIpc) is 3.36. The van der Waals surface area contributed by atoms with Gasteiger partial charge in [0.15, 0.2) is 5.78 Å². The maximum absolute atomic E-state index is 13.9. The summed E-state index contributed by atoms with van der Waals surface area (Å²) in [5.41, 5.74) is 3.01. The Morgan fingerprint density at radius 2 is 1.26 bits per heavy atom. The van der Waals surface area contributed by atoms with Gasteiger partial charge in [0.25, 0.3) is 0 Å². The second-order valence-corrected chi connectivity index (χ2v) is 16.8. The Morgan fingerprint density at radius 1 is 0.763 bits per heavy atom. The second-order valence-electron chi connectivity index (χ2n) is 11.5. The summed E-state index contributed by atoms with van der Waals surface area (Å²) in [6, 6.07) is 41.0. The molecule has 4 aromatic carbocycles. The van der Waals surface area contributed by atoms with Crippen LogP contribution in [0.3, 0.4) is 0 Å². The van der Waals surface area contributed by atoms with Crippen LogP contribution >= 0.6 is 11.6 Å². The molecule has 0 aromatic heterocycles. The maximum Gasteiger partial charge on any atom is 0.170 e. The van der Waals surface area contributed by atoms with Crippen molar-refractivity contribution in [2.24, 2.45) is 11.8 Å². The van der Waals surface area contributed by atoms with E-state index >= 15 is 0 Å². The zero-order valence-corrected chi connectivity index (χ0v) is 24.2. The van der Waals surface area contributed by atoms with Gasteiger partial charge in [-0.2, -0.15) is 0 Å². The molecule has 0 spiro atoms. The minimum atomic E-state index is -2.27. The molecule has 4 aromatic rings. The monoisotopic (exact) mass is 534 g/mol. The first-order valence-corrected chi connectivity index (χ1v) is 16.1. The third-order valence-corrected chi connectivity index (χ3v) is 14.9. The van der Waals surface area contributed by atoms with E-state index in [1.165, 1.54) is 10.4 Å². The third-order valence-electron chi connectivity index (χ3n) is 8.26. The molecule has 5 rings (SSSR count). The van der Waals surface area contributed by atoms with Crippen molar-refractivity contribution in [1.29, 1.82) is 0 Å². The SMILES string of the molecule is CC(C)(C)[Si](C[C@H]1C=C(c2ccc(Cl)cc2)[C@@H](C(=O)c2ccccc2)C1)(c1ccccc1)c1ccccc1. The Kier molecular flexibility index (Phi) is 7.56. The van der Waals surface area contributed by atoms with Crippen molar-refractivity contribution in [1.82, 2.24) is 0 Å². The van der Waals surface area contributed by atoms with E-state index in [2.05, 4.69) is 99.6 Å². The molecule has 0 amide bonds. The van der Waals surface area contributed by atoms with Crippen LogP contribution < -0.4 is 10.4 Å². The zero-order valence-electron chi connectivity index (χ0n) is 22.4. The summed E-state index contributed by atoms with van der Waals surface area (Å²) in [4.78, 5) is 13.9. The van der Waals surface area contributed by atoms with Gasteiger partial charge in [-0.25, -0.2) is 0 Å². The first-order chi connectivity index (χ1) is 18.3. The van der Waals surface area contributed by atoms with Crippen molar-refractivity contribution < 1.29 is 4.79 Å². The molecule has 1 aliphatic carbocycles. The van der Waals surface area contributed by atoms with Crippen molar-refractivity contribution in [2.75, 3.05) is 0 Å². The number of carbonyl (C=O) groups is 1. The highest BCUT2D eigenvalue weighted by Gasteiger charge is 2.49. The highest BCUT2D eigenvalue weighted by molar-refractivity contribution is 7.04. The van der Waals surface area contributed by atoms with Crippen molar-refractivity contribution in [3.05, 3.63) is 137 Å². The predicted molar refractivity (Wildman–Crippen MR) is 164 cm³/mol. The zero-order chi connectivity index (χ0) is 26.8. The van der Waals surface area contributed by atoms with Gasteiger partial charge in [-0.15, -0.1) is 0 Å². The molecule has 0 fully saturated rings. The summed E-state index contributed by atoms with van der Waals surface area (Å²) >= 11 is 6.23. The van der Waals surface area contributed by atoms with E-state index in [4.69, 9.17) is 11.6 Å². The van der Waals surface area contributed by atoms with E-state index in [-0.39, 0.29) is 16.7 Å². The van der Waals surface area contributed by atoms with Gasteiger partial charge in [0.2, 0.25) is 0 Å². The average molecular weight is 535 g/mol. The van der Waals surface area contributed by atoms with Gasteiger partial charge >= 0.3 is 0 Å². The van der Waals surface area contributed by atoms with Gasteiger partial charge in [0.1, 0.15) is 8.07 Å². The largest absolute Gasteiger partial charge is 0.293 e. The molecule has 0 heterocycles. The highest BCUT2D eigenvalue weighted by Crippen LogP contribution is 2.47. The Bertz CT molecular complexity index is 1360. The molecule has 0 unspecified atom stereocenters. The summed E-state index contributed by atoms with van der Waals surface area (Å²) in [5, 5.41) is 3.70. The molecule has 38 heavy (non-hydrogen) atoms. The fraction of sp³-hybridized carbons (Fsp3) is 0.229. The van der Waals surface area contributed by atoms with Crippen LogP contribution in [0.25, 0.3) is 5.57 Å². The molecule has 1 nitrogen and oxygen atoms in total.